The Balaban J connectivity index is 1.74. The molecule has 10 heteroatoms. The van der Waals surface area contributed by atoms with Crippen molar-refractivity contribution in [2.45, 2.75) is 46.1 Å². The van der Waals surface area contributed by atoms with Crippen LogP contribution in [0.4, 0.5) is 11.5 Å². The van der Waals surface area contributed by atoms with E-state index in [2.05, 4.69) is 39.8 Å². The number of methoxy groups -OCH3 is 1. The topological polar surface area (TPSA) is 146 Å². The summed E-state index contributed by atoms with van der Waals surface area (Å²) >= 11 is 6.10. The van der Waals surface area contributed by atoms with Gasteiger partial charge in [-0.15, -0.1) is 0 Å². The normalized spacial score (nSPS) is 13.3. The second-order valence-electron chi connectivity index (χ2n) is 9.77. The maximum absolute atomic E-state index is 13.1. The van der Waals surface area contributed by atoms with E-state index in [1.807, 2.05) is 31.2 Å². The summed E-state index contributed by atoms with van der Waals surface area (Å²) in [7, 11) is 1.57. The van der Waals surface area contributed by atoms with Crippen LogP contribution in [0, 0.1) is 12.8 Å². The molecule has 0 spiro atoms. The van der Waals surface area contributed by atoms with Gasteiger partial charge in [-0.2, -0.15) is 0 Å². The number of hydrogen-bond acceptors (Lipinski definition) is 6. The Morgan fingerprint density at radius 3 is 2.65 bits per heavy atom. The molecule has 0 aliphatic heterocycles. The van der Waals surface area contributed by atoms with Gasteiger partial charge in [-0.3, -0.25) is 9.79 Å². The van der Waals surface area contributed by atoms with Crippen LogP contribution in [-0.2, 0) is 0 Å². The zero-order chi connectivity index (χ0) is 28.8. The van der Waals surface area contributed by atoms with Crippen LogP contribution in [-0.4, -0.2) is 46.3 Å². The van der Waals surface area contributed by atoms with E-state index in [0.717, 1.165) is 48.0 Å². The molecule has 2 unspecified atom stereocenters. The molecular weight excluding hydrogens is 526 g/mol. The molecule has 2 heterocycles. The lowest BCUT2D eigenvalue weighted by Crippen LogP contribution is -2.51. The lowest BCUT2D eigenvalue weighted by Gasteiger charge is -2.23. The Morgan fingerprint density at radius 2 is 1.98 bits per heavy atom. The molecule has 210 valence electrons. The van der Waals surface area contributed by atoms with Gasteiger partial charge in [0.25, 0.3) is 5.91 Å². The minimum absolute atomic E-state index is 0.0710. The minimum Gasteiger partial charge on any atom is -0.495 e. The summed E-state index contributed by atoms with van der Waals surface area (Å²) in [5.41, 5.74) is 15.1. The van der Waals surface area contributed by atoms with Crippen molar-refractivity contribution in [1.29, 1.82) is 0 Å². The first-order valence-corrected chi connectivity index (χ1v) is 13.9. The molecule has 2 aromatic carbocycles. The number of anilines is 2. The third kappa shape index (κ3) is 6.26. The molecule has 2 aromatic heterocycles. The van der Waals surface area contributed by atoms with Gasteiger partial charge in [0, 0.05) is 27.9 Å². The van der Waals surface area contributed by atoms with Crippen LogP contribution in [0.15, 0.2) is 53.8 Å². The Kier molecular flexibility index (Phi) is 9.39. The number of nitrogen functional groups attached to an aromatic ring is 1. The van der Waals surface area contributed by atoms with Crippen LogP contribution < -0.4 is 21.5 Å². The number of carbonyl (C=O) groups is 1. The van der Waals surface area contributed by atoms with Gasteiger partial charge in [0.1, 0.15) is 23.6 Å². The number of hydrogen-bond donors (Lipinski definition) is 4. The minimum atomic E-state index is -0.297. The predicted molar refractivity (Wildman–Crippen MR) is 161 cm³/mol. The van der Waals surface area contributed by atoms with Crippen LogP contribution in [0.3, 0.4) is 0 Å². The number of nitrogens with two attached hydrogens (primary N) is 1. The summed E-state index contributed by atoms with van der Waals surface area (Å²) in [6.07, 6.45) is 4.31. The van der Waals surface area contributed by atoms with Crippen molar-refractivity contribution in [1.82, 2.24) is 15.0 Å². The first-order chi connectivity index (χ1) is 19.3. The molecular formula is C30H37ClN7O2+. The van der Waals surface area contributed by atoms with Crippen LogP contribution in [0.2, 0.25) is 5.02 Å². The quantitative estimate of drug-likeness (QED) is 0.189. The van der Waals surface area contributed by atoms with Crippen LogP contribution in [0.1, 0.15) is 60.4 Å². The summed E-state index contributed by atoms with van der Waals surface area (Å²) in [4.78, 5) is 30.2. The number of nitrogens with one attached hydrogen (secondary N) is 2. The fraction of sp³-hybridized carbons (Fsp3) is 0.333. The Hall–Kier alpha value is -3.95. The summed E-state index contributed by atoms with van der Waals surface area (Å²) < 4.78 is 5.71. The van der Waals surface area contributed by atoms with Gasteiger partial charge < -0.3 is 26.5 Å². The first kappa shape index (κ1) is 29.0. The van der Waals surface area contributed by atoms with Crippen molar-refractivity contribution in [2.75, 3.05) is 24.7 Å². The number of benzene rings is 2. The van der Waals surface area contributed by atoms with Crippen molar-refractivity contribution in [3.8, 4) is 5.75 Å². The third-order valence-electron chi connectivity index (χ3n) is 7.21. The number of aryl methyl sites for hydroxylation is 1. The van der Waals surface area contributed by atoms with Crippen LogP contribution >= 0.6 is 11.6 Å². The van der Waals surface area contributed by atoms with E-state index in [0.29, 0.717) is 45.2 Å². The highest BCUT2D eigenvalue weighted by Crippen LogP contribution is 2.31. The Morgan fingerprint density at radius 1 is 1.18 bits per heavy atom. The van der Waals surface area contributed by atoms with E-state index >= 15 is 0 Å². The summed E-state index contributed by atoms with van der Waals surface area (Å²) in [5, 5.41) is 4.44. The number of rotatable bonds is 11. The molecule has 1 amide bonds. The molecule has 4 rings (SSSR count). The number of H-pyrrole nitrogens is 1. The van der Waals surface area contributed by atoms with Gasteiger partial charge in [-0.1, -0.05) is 44.0 Å². The molecule has 0 aliphatic rings. The number of fused-ring (bicyclic) bond motifs is 1. The Bertz CT molecular complexity index is 1510. The van der Waals surface area contributed by atoms with E-state index in [1.54, 1.807) is 25.3 Å². The third-order valence-corrected chi connectivity index (χ3v) is 7.45. The van der Waals surface area contributed by atoms with Gasteiger partial charge in [0.2, 0.25) is 0 Å². The zero-order valence-electron chi connectivity index (χ0n) is 23.4. The van der Waals surface area contributed by atoms with Gasteiger partial charge in [-0.25, -0.2) is 9.97 Å². The van der Waals surface area contributed by atoms with E-state index in [4.69, 9.17) is 27.1 Å². The first-order valence-electron chi connectivity index (χ1n) is 13.5. The number of amides is 1. The molecule has 0 radical (unpaired) electrons. The second-order valence-corrected chi connectivity index (χ2v) is 10.2. The number of aromatic amines is 1. The molecule has 0 fully saturated rings. The van der Waals surface area contributed by atoms with Crippen molar-refractivity contribution in [2.24, 2.45) is 10.9 Å². The number of nitrogens with zero attached hydrogens (tertiary/aromatic N) is 3. The molecule has 7 N–H and O–H groups in total. The number of aliphatic imine (C=N–C) groups is 1. The SMILES string of the molecule is CCC(CC[NH3+])C(CC)N=C(c1ccc(NC(=O)c2cc3ccc(Cl)cc3[nH]2)c(OC)c1)c1c(C)ncnc1N. The smallest absolute Gasteiger partial charge is 0.272 e. The van der Waals surface area contributed by atoms with Gasteiger partial charge >= 0.3 is 0 Å². The van der Waals surface area contributed by atoms with Crippen molar-refractivity contribution in [3.05, 3.63) is 76.3 Å². The lowest BCUT2D eigenvalue weighted by atomic mass is 9.91. The average molecular weight is 563 g/mol. The average Bonchev–Trinajstić information content (AvgIpc) is 3.37. The summed E-state index contributed by atoms with van der Waals surface area (Å²) in [6.45, 7) is 7.08. The van der Waals surface area contributed by atoms with Gasteiger partial charge in [0.15, 0.2) is 0 Å². The standard InChI is InChI=1S/C30H36ClN7O2/c1-5-18(11-12-32)22(6-2)37-28(27-17(3)34-16-35-29(27)33)20-8-10-23(26(14-20)40-4)38-30(39)25-13-19-7-9-21(31)15-24(19)36-25/h7-10,13-16,18,22,36H,5-6,11-12,32H2,1-4H3,(H,38,39)(H2,33,34,35)/p+1. The molecule has 9 nitrogen and oxygen atoms in total. The van der Waals surface area contributed by atoms with Crippen molar-refractivity contribution in [3.63, 3.8) is 0 Å². The molecule has 2 atom stereocenters. The summed E-state index contributed by atoms with van der Waals surface area (Å²) in [5.74, 6) is 0.939. The molecule has 4 aromatic rings. The Labute approximate surface area is 239 Å². The highest BCUT2D eigenvalue weighted by Gasteiger charge is 2.23. The molecule has 0 saturated carbocycles. The number of ether oxygens (including phenoxy) is 1. The number of halogens is 1. The van der Waals surface area contributed by atoms with Crippen molar-refractivity contribution < 1.29 is 15.3 Å². The number of carbonyl (C=O) groups excluding carboxylic acids is 1. The highest BCUT2D eigenvalue weighted by atomic mass is 35.5. The van der Waals surface area contributed by atoms with E-state index < -0.39 is 0 Å². The maximum atomic E-state index is 13.1. The van der Waals surface area contributed by atoms with E-state index in [1.165, 1.54) is 6.33 Å². The zero-order valence-corrected chi connectivity index (χ0v) is 24.2. The molecule has 40 heavy (non-hydrogen) atoms. The van der Waals surface area contributed by atoms with Crippen LogP contribution in [0.25, 0.3) is 10.9 Å². The highest BCUT2D eigenvalue weighted by molar-refractivity contribution is 6.31. The van der Waals surface area contributed by atoms with Crippen LogP contribution in [0.5, 0.6) is 5.75 Å². The fourth-order valence-electron chi connectivity index (χ4n) is 5.05. The largest absolute Gasteiger partial charge is 0.495 e. The monoisotopic (exact) mass is 562 g/mol. The van der Waals surface area contributed by atoms with Gasteiger partial charge in [-0.05, 0) is 49.6 Å². The second kappa shape index (κ2) is 12.9. The molecule has 0 aliphatic carbocycles. The number of aromatic nitrogens is 3. The lowest BCUT2D eigenvalue weighted by molar-refractivity contribution is -0.370. The number of quaternary nitrogens is 1. The molecule has 0 bridgehead atoms. The van der Waals surface area contributed by atoms with Crippen molar-refractivity contribution >= 4 is 45.6 Å². The van der Waals surface area contributed by atoms with E-state index in [-0.39, 0.29) is 11.9 Å². The van der Waals surface area contributed by atoms with Gasteiger partial charge in [0.05, 0.1) is 42.4 Å². The fourth-order valence-corrected chi connectivity index (χ4v) is 5.22. The summed E-state index contributed by atoms with van der Waals surface area (Å²) in [6, 6.07) is 12.9. The molecule has 0 saturated heterocycles. The predicted octanol–water partition coefficient (Wildman–Crippen LogP) is 5.04. The maximum Gasteiger partial charge on any atom is 0.272 e. The van der Waals surface area contributed by atoms with E-state index in [9.17, 15) is 4.79 Å².